The van der Waals surface area contributed by atoms with Crippen LogP contribution in [-0.2, 0) is 42.5 Å². The number of halogens is 14. The quantitative estimate of drug-likeness (QED) is 0.0202. The Labute approximate surface area is 522 Å². The number of carbonyl (C=O) groups is 3. The number of ether oxygens (including phenoxy) is 4. The third kappa shape index (κ3) is 25.4. The second kappa shape index (κ2) is 37.4. The van der Waals surface area contributed by atoms with Crippen LogP contribution >= 0.6 is 58.0 Å². The van der Waals surface area contributed by atoms with Crippen molar-refractivity contribution in [2.45, 2.75) is 115 Å². The Balaban J connectivity index is 0.000000408. The van der Waals surface area contributed by atoms with Crippen LogP contribution in [0.15, 0.2) is 50.0 Å². The van der Waals surface area contributed by atoms with Crippen LogP contribution in [0.3, 0.4) is 0 Å². The van der Waals surface area contributed by atoms with Crippen LogP contribution in [0.2, 0.25) is 0 Å². The van der Waals surface area contributed by atoms with Gasteiger partial charge in [0, 0.05) is 69.1 Å². The average Bonchev–Trinajstić information content (AvgIpc) is 1.78. The summed E-state index contributed by atoms with van der Waals surface area (Å²) in [5, 5.41) is 14.8. The summed E-state index contributed by atoms with van der Waals surface area (Å²) >= 11 is 24.8. The Morgan fingerprint density at radius 3 is 1.11 bits per heavy atom. The molecule has 3 aromatic heterocycles. The SMILES string of the molecule is CCCc1c(OCCCN(C)C(=O)Cl)ccc2c(C(F)(F)F)noc12.CCCc1c(OCCCN(C)C(=O)N(C)CC)ccc2c(C(F)(F)F)noc12.CCCc1c(OCCCNC)ccc2c(C(F)(F)F)noc12.CCNC.O=C(Cl)OC(Cl)(Cl)Cl. The molecule has 0 radical (unpaired) electrons. The zero-order valence-electron chi connectivity index (χ0n) is 49.5. The summed E-state index contributed by atoms with van der Waals surface area (Å²) in [5.41, 5.74) is -2.02. The van der Waals surface area contributed by atoms with Crippen LogP contribution in [0.5, 0.6) is 17.2 Å². The minimum atomic E-state index is -4.57. The Morgan fingerprint density at radius 2 is 0.862 bits per heavy atom. The van der Waals surface area contributed by atoms with E-state index >= 15 is 0 Å². The number of carbonyl (C=O) groups excluding carboxylic acids is 3. The van der Waals surface area contributed by atoms with Crippen LogP contribution in [0.25, 0.3) is 32.9 Å². The smallest absolute Gasteiger partial charge is 0.437 e. The van der Waals surface area contributed by atoms with Crippen molar-refractivity contribution in [2.75, 3.05) is 87.8 Å². The highest BCUT2D eigenvalue weighted by Gasteiger charge is 2.40. The molecule has 0 saturated carbocycles. The topological polar surface area (TPSA) is 200 Å². The van der Waals surface area contributed by atoms with E-state index < -0.39 is 50.4 Å². The van der Waals surface area contributed by atoms with Gasteiger partial charge in [-0.3, -0.25) is 4.79 Å². The van der Waals surface area contributed by atoms with E-state index in [1.165, 1.54) is 35.2 Å². The molecule has 6 rings (SSSR count). The van der Waals surface area contributed by atoms with Gasteiger partial charge >= 0.3 is 39.3 Å². The molecule has 490 valence electrons. The number of nitrogens with zero attached hydrogens (tertiary/aromatic N) is 6. The fraction of sp³-hybridized carbons (Fsp3) is 0.564. The van der Waals surface area contributed by atoms with Gasteiger partial charge in [0.2, 0.25) is 0 Å². The summed E-state index contributed by atoms with van der Waals surface area (Å²) in [5.74, 6) is 1.51. The first-order chi connectivity index (χ1) is 40.8. The fourth-order valence-electron chi connectivity index (χ4n) is 7.70. The number of fused-ring (bicyclic) bond motifs is 3. The van der Waals surface area contributed by atoms with Gasteiger partial charge in [-0.2, -0.15) is 39.5 Å². The lowest BCUT2D eigenvalue weighted by Crippen LogP contribution is -2.39. The number of aryl methyl sites for hydroxylation is 3. The minimum Gasteiger partial charge on any atom is -0.493 e. The second-order valence-electron chi connectivity index (χ2n) is 18.7. The zero-order valence-corrected chi connectivity index (χ0v) is 53.3. The fourth-order valence-corrected chi connectivity index (χ4v) is 8.23. The molecular weight excluding hydrogens is 1280 g/mol. The molecule has 0 atom stereocenters. The lowest BCUT2D eigenvalue weighted by Gasteiger charge is -2.23. The number of benzene rings is 3. The third-order valence-electron chi connectivity index (χ3n) is 12.0. The largest absolute Gasteiger partial charge is 0.493 e. The van der Waals surface area contributed by atoms with Crippen LogP contribution in [0, 0.1) is 0 Å². The van der Waals surface area contributed by atoms with E-state index in [0.717, 1.165) is 32.4 Å². The standard InChI is InChI=1S/C19H26F3N3O3.C16H18ClF3N2O3.C15H19F3N2O2.C3H9N.C2Cl4O2/c1-5-8-13-15(27-12-7-11-25(4)18(26)24(3)6-2)10-9-14-16(13)28-23-17(14)19(20,21)22;1-3-5-10-12(24-9-4-8-22(2)15(17)23)7-6-11-13(10)25-21-14(11)16(18,19)20;1-3-5-10-12(21-9-4-8-19-2)7-6-11-13(10)22-20-14(11)15(16,17)18;1-3-4-2;3-1(7)8-2(4,5)6/h9-10H,5-8,11-12H2,1-4H3;6-7H,3-5,8-9H2,1-2H3;6-7,19H,3-5,8-9H2,1-2H3;4H,3H2,1-2H3;. The maximum Gasteiger partial charge on any atom is 0.437 e. The van der Waals surface area contributed by atoms with E-state index in [1.807, 2.05) is 41.8 Å². The van der Waals surface area contributed by atoms with Crippen molar-refractivity contribution in [1.29, 1.82) is 0 Å². The van der Waals surface area contributed by atoms with Gasteiger partial charge in [-0.05, 0) is 155 Å². The maximum atomic E-state index is 13.1. The summed E-state index contributed by atoms with van der Waals surface area (Å²) in [6.45, 7) is 14.3. The van der Waals surface area contributed by atoms with E-state index in [0.29, 0.717) is 105 Å². The van der Waals surface area contributed by atoms with Gasteiger partial charge in [-0.25, -0.2) is 9.59 Å². The Morgan fingerprint density at radius 1 is 0.529 bits per heavy atom. The van der Waals surface area contributed by atoms with Crippen LogP contribution in [-0.4, -0.2) is 139 Å². The van der Waals surface area contributed by atoms with Gasteiger partial charge in [-0.1, -0.05) is 62.4 Å². The van der Waals surface area contributed by atoms with Crippen molar-refractivity contribution in [3.05, 3.63) is 70.2 Å². The highest BCUT2D eigenvalue weighted by Crippen LogP contribution is 2.41. The van der Waals surface area contributed by atoms with Crippen LogP contribution in [0.4, 0.5) is 53.9 Å². The van der Waals surface area contributed by atoms with Crippen molar-refractivity contribution in [1.82, 2.24) is 40.8 Å². The normalized spacial score (nSPS) is 11.5. The first-order valence-electron chi connectivity index (χ1n) is 27.2. The summed E-state index contributed by atoms with van der Waals surface area (Å²) < 4.78 is 151. The summed E-state index contributed by atoms with van der Waals surface area (Å²) in [7, 11) is 8.79. The van der Waals surface area contributed by atoms with Gasteiger partial charge in [0.05, 0.1) is 36.0 Å². The molecule has 0 aliphatic carbocycles. The molecule has 3 aromatic carbocycles. The predicted octanol–water partition coefficient (Wildman–Crippen LogP) is 16.1. The monoisotopic (exact) mass is 1350 g/mol. The van der Waals surface area contributed by atoms with Crippen LogP contribution in [0.1, 0.15) is 107 Å². The molecular formula is C55H72Cl5F9N8O10. The molecule has 6 aromatic rings. The van der Waals surface area contributed by atoms with Crippen molar-refractivity contribution in [2.24, 2.45) is 0 Å². The molecule has 0 spiro atoms. The lowest BCUT2D eigenvalue weighted by molar-refractivity contribution is -0.142. The van der Waals surface area contributed by atoms with Crippen LogP contribution < -0.4 is 24.8 Å². The number of aromatic nitrogens is 3. The summed E-state index contributed by atoms with van der Waals surface area (Å²) in [6, 6.07) is 8.51. The first-order valence-corrected chi connectivity index (χ1v) is 29.1. The number of hydrogen-bond donors (Lipinski definition) is 2. The van der Waals surface area contributed by atoms with Gasteiger partial charge in [0.1, 0.15) is 17.2 Å². The number of rotatable bonds is 23. The van der Waals surface area contributed by atoms with E-state index in [4.69, 9.17) is 74.2 Å². The highest BCUT2D eigenvalue weighted by molar-refractivity contribution is 6.69. The maximum absolute atomic E-state index is 13.1. The van der Waals surface area contributed by atoms with Gasteiger partial charge < -0.3 is 57.9 Å². The molecule has 18 nitrogen and oxygen atoms in total. The molecule has 87 heavy (non-hydrogen) atoms. The van der Waals surface area contributed by atoms with Gasteiger partial charge in [-0.15, -0.1) is 0 Å². The number of hydrogen-bond acceptors (Lipinski definition) is 15. The molecule has 32 heteroatoms. The van der Waals surface area contributed by atoms with E-state index in [2.05, 4.69) is 49.4 Å². The van der Waals surface area contributed by atoms with Crippen molar-refractivity contribution < 1.29 is 86.4 Å². The van der Waals surface area contributed by atoms with E-state index in [1.54, 1.807) is 37.0 Å². The van der Waals surface area contributed by atoms with E-state index in [-0.39, 0.29) is 45.5 Å². The molecule has 0 saturated heterocycles. The van der Waals surface area contributed by atoms with Crippen molar-refractivity contribution in [3.63, 3.8) is 0 Å². The zero-order chi connectivity index (χ0) is 65.9. The average molecular weight is 1350 g/mol. The Bertz CT molecular complexity index is 3050. The molecule has 0 fully saturated rings. The molecule has 0 bridgehead atoms. The Kier molecular flexibility index (Phi) is 33.3. The molecule has 0 aliphatic heterocycles. The molecule has 0 aliphatic rings. The molecule has 2 N–H and O–H groups in total. The van der Waals surface area contributed by atoms with Crippen molar-refractivity contribution >= 4 is 108 Å². The Hall–Kier alpha value is -5.58. The summed E-state index contributed by atoms with van der Waals surface area (Å²) in [4.78, 5) is 37.2. The van der Waals surface area contributed by atoms with Gasteiger partial charge in [0.15, 0.2) is 33.8 Å². The number of urea groups is 1. The molecule has 0 unspecified atom stereocenters. The van der Waals surface area contributed by atoms with Crippen molar-refractivity contribution in [3.8, 4) is 17.2 Å². The molecule has 3 heterocycles. The summed E-state index contributed by atoms with van der Waals surface area (Å²) in [6.07, 6.45) is -7.95. The number of amides is 3. The third-order valence-corrected chi connectivity index (χ3v) is 12.6. The second-order valence-corrected chi connectivity index (χ2v) is 21.5. The minimum absolute atomic E-state index is 0.0153. The van der Waals surface area contributed by atoms with Gasteiger partial charge in [0.25, 0.3) is 0 Å². The highest BCUT2D eigenvalue weighted by atomic mass is 35.6. The first kappa shape index (κ1) is 77.5. The number of alkyl halides is 12. The lowest BCUT2D eigenvalue weighted by atomic mass is 10.0. The molecule has 3 amide bonds. The number of nitrogens with one attached hydrogen (secondary N) is 2. The van der Waals surface area contributed by atoms with E-state index in [9.17, 15) is 53.9 Å². The predicted molar refractivity (Wildman–Crippen MR) is 316 cm³/mol.